The maximum Gasteiger partial charge on any atom is 0.224 e. The molecule has 3 heteroatoms. The minimum absolute atomic E-state index is 0.179. The van der Waals surface area contributed by atoms with Crippen molar-refractivity contribution in [2.45, 2.75) is 57.9 Å². The van der Waals surface area contributed by atoms with Crippen LogP contribution in [-0.2, 0) is 11.2 Å². The van der Waals surface area contributed by atoms with Crippen LogP contribution in [0, 0.1) is 23.2 Å². The number of carbonyl (C=O) groups is 1. The van der Waals surface area contributed by atoms with E-state index < -0.39 is 0 Å². The summed E-state index contributed by atoms with van der Waals surface area (Å²) in [6.45, 7) is 2.26. The van der Waals surface area contributed by atoms with Crippen LogP contribution in [0.25, 0.3) is 10.9 Å². The molecule has 132 valence electrons. The minimum atomic E-state index is 0.179. The van der Waals surface area contributed by atoms with Gasteiger partial charge in [-0.2, -0.15) is 0 Å². The average molecular weight is 336 g/mol. The first-order valence-electron chi connectivity index (χ1n) is 9.95. The number of benzene rings is 1. The quantitative estimate of drug-likeness (QED) is 0.852. The standard InChI is InChI=1S/C22H28N2O/c1-14(22-11-16-6-17(12-22)8-18(7-16)13-22)24-21(25)10-15-2-3-20-19(9-15)4-5-23-20/h2-5,9,14,16-18,23H,6-8,10-13H2,1H3,(H,24,25). The van der Waals surface area contributed by atoms with E-state index in [2.05, 4.69) is 41.5 Å². The second-order valence-corrected chi connectivity index (χ2v) is 9.15. The molecule has 3 nitrogen and oxygen atoms in total. The highest BCUT2D eigenvalue weighted by molar-refractivity contribution is 5.83. The van der Waals surface area contributed by atoms with Gasteiger partial charge in [0.25, 0.3) is 0 Å². The van der Waals surface area contributed by atoms with Gasteiger partial charge in [0.1, 0.15) is 0 Å². The average Bonchev–Trinajstić information content (AvgIpc) is 3.01. The number of nitrogens with one attached hydrogen (secondary N) is 2. The van der Waals surface area contributed by atoms with E-state index in [1.54, 1.807) is 0 Å². The smallest absolute Gasteiger partial charge is 0.224 e. The molecule has 4 saturated carbocycles. The third kappa shape index (κ3) is 2.68. The molecule has 1 amide bonds. The zero-order valence-electron chi connectivity index (χ0n) is 15.1. The molecule has 2 aromatic rings. The molecule has 4 fully saturated rings. The van der Waals surface area contributed by atoms with Crippen LogP contribution >= 0.6 is 0 Å². The van der Waals surface area contributed by atoms with E-state index in [0.717, 1.165) is 28.8 Å². The Balaban J connectivity index is 1.27. The summed E-state index contributed by atoms with van der Waals surface area (Å²) in [5.74, 6) is 2.97. The van der Waals surface area contributed by atoms with Gasteiger partial charge in [-0.3, -0.25) is 4.79 Å². The van der Waals surface area contributed by atoms with Crippen LogP contribution in [-0.4, -0.2) is 16.9 Å². The number of fused-ring (bicyclic) bond motifs is 1. The van der Waals surface area contributed by atoms with E-state index in [0.29, 0.717) is 17.9 Å². The number of H-pyrrole nitrogens is 1. The fraction of sp³-hybridized carbons (Fsp3) is 0.591. The Hall–Kier alpha value is -1.77. The first-order valence-corrected chi connectivity index (χ1v) is 9.95. The van der Waals surface area contributed by atoms with Crippen molar-refractivity contribution in [1.82, 2.24) is 10.3 Å². The summed E-state index contributed by atoms with van der Waals surface area (Å²) in [6, 6.07) is 8.63. The van der Waals surface area contributed by atoms with Crippen LogP contribution in [0.3, 0.4) is 0 Å². The number of hydrogen-bond acceptors (Lipinski definition) is 1. The van der Waals surface area contributed by atoms with E-state index in [4.69, 9.17) is 0 Å². The molecule has 1 aromatic heterocycles. The Morgan fingerprint density at radius 2 is 1.84 bits per heavy atom. The SMILES string of the molecule is CC(NC(=O)Cc1ccc2[nH]ccc2c1)C12CC3CC(CC(C3)C1)C2. The number of aromatic amines is 1. The van der Waals surface area contributed by atoms with E-state index in [1.165, 1.54) is 43.9 Å². The lowest BCUT2D eigenvalue weighted by Gasteiger charge is -2.59. The van der Waals surface area contributed by atoms with Crippen molar-refractivity contribution in [1.29, 1.82) is 0 Å². The minimum Gasteiger partial charge on any atom is -0.361 e. The summed E-state index contributed by atoms with van der Waals surface area (Å²) in [6.07, 6.45) is 10.8. The topological polar surface area (TPSA) is 44.9 Å². The molecule has 0 radical (unpaired) electrons. The van der Waals surface area contributed by atoms with Gasteiger partial charge in [0.2, 0.25) is 5.91 Å². The van der Waals surface area contributed by atoms with Gasteiger partial charge in [0, 0.05) is 17.8 Å². The molecule has 4 aliphatic carbocycles. The summed E-state index contributed by atoms with van der Waals surface area (Å²) >= 11 is 0. The number of rotatable bonds is 4. The van der Waals surface area contributed by atoms with Crippen molar-refractivity contribution in [2.24, 2.45) is 23.2 Å². The van der Waals surface area contributed by atoms with Crippen LogP contribution < -0.4 is 5.32 Å². The van der Waals surface area contributed by atoms with Crippen LogP contribution in [0.5, 0.6) is 0 Å². The lowest BCUT2D eigenvalue weighted by atomic mass is 9.48. The molecule has 1 heterocycles. The van der Waals surface area contributed by atoms with Crippen molar-refractivity contribution in [2.75, 3.05) is 0 Å². The van der Waals surface area contributed by atoms with Gasteiger partial charge in [-0.1, -0.05) is 6.07 Å². The van der Waals surface area contributed by atoms with Crippen LogP contribution in [0.15, 0.2) is 30.5 Å². The third-order valence-electron chi connectivity index (χ3n) is 7.36. The number of aromatic nitrogens is 1. The van der Waals surface area contributed by atoms with Gasteiger partial charge in [-0.25, -0.2) is 0 Å². The molecule has 1 atom stereocenters. The number of carbonyl (C=O) groups excluding carboxylic acids is 1. The molecule has 0 aliphatic heterocycles. The zero-order chi connectivity index (χ0) is 17.0. The van der Waals surface area contributed by atoms with Crippen molar-refractivity contribution < 1.29 is 4.79 Å². The molecule has 6 rings (SSSR count). The molecule has 4 aliphatic rings. The van der Waals surface area contributed by atoms with E-state index in [1.807, 2.05) is 6.20 Å². The Morgan fingerprint density at radius 3 is 2.52 bits per heavy atom. The maximum absolute atomic E-state index is 12.7. The van der Waals surface area contributed by atoms with Crippen LogP contribution in [0.1, 0.15) is 51.0 Å². The highest BCUT2D eigenvalue weighted by Gasteiger charge is 2.53. The highest BCUT2D eigenvalue weighted by Crippen LogP contribution is 2.61. The molecular weight excluding hydrogens is 308 g/mol. The molecule has 0 spiro atoms. The predicted molar refractivity (Wildman–Crippen MR) is 100 cm³/mol. The van der Waals surface area contributed by atoms with Gasteiger partial charge in [-0.15, -0.1) is 0 Å². The van der Waals surface area contributed by atoms with Crippen molar-refractivity contribution in [3.63, 3.8) is 0 Å². The Bertz CT molecular complexity index is 770. The van der Waals surface area contributed by atoms with Crippen LogP contribution in [0.4, 0.5) is 0 Å². The molecule has 4 bridgehead atoms. The predicted octanol–water partition coefficient (Wildman–Crippen LogP) is 4.43. The largest absolute Gasteiger partial charge is 0.361 e. The van der Waals surface area contributed by atoms with Crippen LogP contribution in [0.2, 0.25) is 0 Å². The fourth-order valence-electron chi connectivity index (χ4n) is 6.55. The monoisotopic (exact) mass is 336 g/mol. The molecule has 25 heavy (non-hydrogen) atoms. The highest BCUT2D eigenvalue weighted by atomic mass is 16.1. The summed E-state index contributed by atoms with van der Waals surface area (Å²) in [7, 11) is 0. The third-order valence-corrected chi connectivity index (χ3v) is 7.36. The molecule has 1 aromatic carbocycles. The normalized spacial score (nSPS) is 34.4. The zero-order valence-corrected chi connectivity index (χ0v) is 15.1. The molecule has 2 N–H and O–H groups in total. The van der Waals surface area contributed by atoms with Gasteiger partial charge in [0.15, 0.2) is 0 Å². The van der Waals surface area contributed by atoms with E-state index in [-0.39, 0.29) is 5.91 Å². The molecular formula is C22H28N2O. The Labute approximate surface area is 149 Å². The summed E-state index contributed by atoms with van der Waals surface area (Å²) < 4.78 is 0. The number of hydrogen-bond donors (Lipinski definition) is 2. The number of amides is 1. The lowest BCUT2D eigenvalue weighted by molar-refractivity contribution is -0.125. The molecule has 0 saturated heterocycles. The van der Waals surface area contributed by atoms with Crippen molar-refractivity contribution >= 4 is 16.8 Å². The summed E-state index contributed by atoms with van der Waals surface area (Å²) in [4.78, 5) is 15.9. The maximum atomic E-state index is 12.7. The summed E-state index contributed by atoms with van der Waals surface area (Å²) in [5.41, 5.74) is 2.61. The second-order valence-electron chi connectivity index (χ2n) is 9.15. The van der Waals surface area contributed by atoms with Gasteiger partial charge < -0.3 is 10.3 Å². The van der Waals surface area contributed by atoms with Gasteiger partial charge in [-0.05, 0) is 97.8 Å². The first-order chi connectivity index (χ1) is 12.1. The summed E-state index contributed by atoms with van der Waals surface area (Å²) in [5, 5.41) is 4.56. The van der Waals surface area contributed by atoms with Gasteiger partial charge >= 0.3 is 0 Å². The van der Waals surface area contributed by atoms with E-state index in [9.17, 15) is 4.79 Å². The fourth-order valence-corrected chi connectivity index (χ4v) is 6.55. The van der Waals surface area contributed by atoms with Crippen molar-refractivity contribution in [3.8, 4) is 0 Å². The lowest BCUT2D eigenvalue weighted by Crippen LogP contribution is -2.56. The molecule has 1 unspecified atom stereocenters. The van der Waals surface area contributed by atoms with Crippen molar-refractivity contribution in [3.05, 3.63) is 36.0 Å². The first kappa shape index (κ1) is 15.5. The Kier molecular flexibility index (Phi) is 3.48. The van der Waals surface area contributed by atoms with E-state index >= 15 is 0 Å². The Morgan fingerprint density at radius 1 is 1.16 bits per heavy atom. The van der Waals surface area contributed by atoms with Gasteiger partial charge in [0.05, 0.1) is 6.42 Å². The second kappa shape index (κ2) is 5.62.